The van der Waals surface area contributed by atoms with Crippen LogP contribution in [0.4, 0.5) is 0 Å². The highest BCUT2D eigenvalue weighted by Gasteiger charge is 2.61. The Morgan fingerprint density at radius 1 is 1.71 bits per heavy atom. The molecule has 7 nitrogen and oxygen atoms in total. The van der Waals surface area contributed by atoms with Crippen LogP contribution < -0.4 is 5.73 Å². The normalized spacial score (nSPS) is 35.2. The molecule has 0 aromatic carbocycles. The van der Waals surface area contributed by atoms with Crippen molar-refractivity contribution in [3.63, 3.8) is 0 Å². The number of aliphatic carboxylic acids is 1. The molecule has 17 heavy (non-hydrogen) atoms. The molecule has 0 saturated carbocycles. The van der Waals surface area contributed by atoms with Crippen molar-refractivity contribution in [3.8, 4) is 0 Å². The number of carboxylic acids is 1. The zero-order chi connectivity index (χ0) is 12.7. The van der Waals surface area contributed by atoms with Crippen LogP contribution in [0.25, 0.3) is 0 Å². The molecule has 0 aromatic heterocycles. The third-order valence-corrected chi connectivity index (χ3v) is 3.00. The number of amides is 1. The number of carbonyl (C=O) groups excluding carboxylic acids is 1. The second-order valence-corrected chi connectivity index (χ2v) is 4.10. The monoisotopic (exact) mass is 242 g/mol. The van der Waals surface area contributed by atoms with Crippen molar-refractivity contribution < 1.29 is 24.5 Å². The van der Waals surface area contributed by atoms with E-state index in [0.29, 0.717) is 0 Å². The molecule has 94 valence electrons. The highest BCUT2D eigenvalue weighted by atomic mass is 16.5. The van der Waals surface area contributed by atoms with E-state index >= 15 is 0 Å². The molecule has 4 atom stereocenters. The van der Waals surface area contributed by atoms with Crippen LogP contribution in [-0.4, -0.2) is 51.9 Å². The molecule has 0 bridgehead atoms. The number of hydrogen-bond donors (Lipinski definition) is 3. The number of fused-ring (bicyclic) bond motifs is 1. The molecule has 0 aromatic rings. The van der Waals surface area contributed by atoms with Gasteiger partial charge in [0.25, 0.3) is 0 Å². The summed E-state index contributed by atoms with van der Waals surface area (Å²) in [7, 11) is 0. The number of rotatable bonds is 3. The Labute approximate surface area is 97.4 Å². The van der Waals surface area contributed by atoms with E-state index < -0.39 is 36.2 Å². The molecule has 0 aliphatic carbocycles. The van der Waals surface area contributed by atoms with E-state index in [2.05, 4.69) is 0 Å². The minimum atomic E-state index is -1.16. The summed E-state index contributed by atoms with van der Waals surface area (Å²) < 4.78 is 5.36. The average molecular weight is 242 g/mol. The molecule has 2 saturated heterocycles. The number of carbonyl (C=O) groups is 2. The van der Waals surface area contributed by atoms with Crippen molar-refractivity contribution in [2.75, 3.05) is 6.54 Å². The smallest absolute Gasteiger partial charge is 0.334 e. The van der Waals surface area contributed by atoms with Crippen LogP contribution in [-0.2, 0) is 14.3 Å². The van der Waals surface area contributed by atoms with Gasteiger partial charge in [-0.3, -0.25) is 9.69 Å². The van der Waals surface area contributed by atoms with E-state index in [1.165, 1.54) is 13.0 Å². The minimum Gasteiger partial charge on any atom is -0.479 e. The van der Waals surface area contributed by atoms with Gasteiger partial charge in [-0.05, 0) is 13.0 Å². The molecule has 4 N–H and O–H groups in total. The zero-order valence-electron chi connectivity index (χ0n) is 9.24. The summed E-state index contributed by atoms with van der Waals surface area (Å²) in [5, 5.41) is 18.5. The summed E-state index contributed by atoms with van der Waals surface area (Å²) >= 11 is 0. The minimum absolute atomic E-state index is 0.132. The molecule has 7 heteroatoms. The van der Waals surface area contributed by atoms with Crippen molar-refractivity contribution in [2.24, 2.45) is 11.7 Å². The van der Waals surface area contributed by atoms with E-state index in [0.717, 1.165) is 4.90 Å². The SMILES string of the molecule is CC(O)C1C(=O)N2C(C(=O)O)C(=CCN)OC12. The average Bonchev–Trinajstić information content (AvgIpc) is 2.53. The zero-order valence-corrected chi connectivity index (χ0v) is 9.24. The van der Waals surface area contributed by atoms with E-state index in [1.54, 1.807) is 0 Å². The number of aliphatic hydroxyl groups excluding tert-OH is 1. The lowest BCUT2D eigenvalue weighted by Gasteiger charge is -2.42. The van der Waals surface area contributed by atoms with Gasteiger partial charge in [0.15, 0.2) is 12.3 Å². The summed E-state index contributed by atoms with van der Waals surface area (Å²) in [5.74, 6) is -2.09. The van der Waals surface area contributed by atoms with Crippen molar-refractivity contribution in [1.82, 2.24) is 4.90 Å². The maximum absolute atomic E-state index is 11.7. The largest absolute Gasteiger partial charge is 0.479 e. The quantitative estimate of drug-likeness (QED) is 0.518. The number of nitrogens with zero attached hydrogens (tertiary/aromatic N) is 1. The Morgan fingerprint density at radius 3 is 2.82 bits per heavy atom. The lowest BCUT2D eigenvalue weighted by atomic mass is 9.90. The molecule has 0 radical (unpaired) electrons. The first-order valence-electron chi connectivity index (χ1n) is 5.29. The van der Waals surface area contributed by atoms with Crippen LogP contribution in [0.5, 0.6) is 0 Å². The number of ether oxygens (including phenoxy) is 1. The van der Waals surface area contributed by atoms with Gasteiger partial charge in [-0.15, -0.1) is 0 Å². The summed E-state index contributed by atoms with van der Waals surface area (Å²) in [6.07, 6.45) is -0.124. The second-order valence-electron chi connectivity index (χ2n) is 4.10. The molecule has 2 fully saturated rings. The molecule has 2 aliphatic rings. The first-order valence-corrected chi connectivity index (χ1v) is 5.29. The van der Waals surface area contributed by atoms with Crippen molar-refractivity contribution >= 4 is 11.9 Å². The van der Waals surface area contributed by atoms with Crippen molar-refractivity contribution in [3.05, 3.63) is 11.8 Å². The highest BCUT2D eigenvalue weighted by Crippen LogP contribution is 2.41. The predicted octanol–water partition coefficient (Wildman–Crippen LogP) is -1.52. The van der Waals surface area contributed by atoms with E-state index in [9.17, 15) is 14.7 Å². The lowest BCUT2D eigenvalue weighted by molar-refractivity contribution is -0.185. The third-order valence-electron chi connectivity index (χ3n) is 3.00. The Balaban J connectivity index is 2.27. The van der Waals surface area contributed by atoms with Gasteiger partial charge in [-0.25, -0.2) is 4.79 Å². The summed E-state index contributed by atoms with van der Waals surface area (Å²) in [6, 6.07) is -1.12. The van der Waals surface area contributed by atoms with Crippen LogP contribution in [0, 0.1) is 5.92 Å². The van der Waals surface area contributed by atoms with Gasteiger partial charge in [-0.1, -0.05) is 0 Å². The number of β-lactam (4-membered cyclic amide) rings is 1. The molecule has 2 rings (SSSR count). The molecular formula is C10H14N2O5. The second kappa shape index (κ2) is 4.01. The molecule has 4 unspecified atom stereocenters. The van der Waals surface area contributed by atoms with Gasteiger partial charge in [0, 0.05) is 6.54 Å². The van der Waals surface area contributed by atoms with Gasteiger partial charge < -0.3 is 20.7 Å². The number of aliphatic hydroxyl groups is 1. The van der Waals surface area contributed by atoms with Crippen LogP contribution in [0.2, 0.25) is 0 Å². The standard InChI is InChI=1S/C10H14N2O5/c1-4(13)6-8(14)12-7(10(15)16)5(2-3-11)17-9(6)12/h2,4,6-7,9,13H,3,11H2,1H3,(H,15,16). The first-order chi connectivity index (χ1) is 7.99. The Hall–Kier alpha value is -1.60. The van der Waals surface area contributed by atoms with E-state index in [-0.39, 0.29) is 12.3 Å². The Bertz CT molecular complexity index is 392. The summed E-state index contributed by atoms with van der Waals surface area (Å²) in [5.41, 5.74) is 5.31. The Morgan fingerprint density at radius 2 is 2.35 bits per heavy atom. The van der Waals surface area contributed by atoms with Crippen molar-refractivity contribution in [2.45, 2.75) is 25.3 Å². The fourth-order valence-corrected chi connectivity index (χ4v) is 2.22. The molecule has 0 spiro atoms. The van der Waals surface area contributed by atoms with Gasteiger partial charge in [0.2, 0.25) is 5.91 Å². The fraction of sp³-hybridized carbons (Fsp3) is 0.600. The van der Waals surface area contributed by atoms with Crippen LogP contribution in [0.15, 0.2) is 11.8 Å². The molecule has 2 heterocycles. The topological polar surface area (TPSA) is 113 Å². The Kier molecular flexibility index (Phi) is 2.80. The highest BCUT2D eigenvalue weighted by molar-refractivity contribution is 5.93. The summed E-state index contributed by atoms with van der Waals surface area (Å²) in [6.45, 7) is 1.61. The first kappa shape index (κ1) is 11.9. The van der Waals surface area contributed by atoms with Crippen LogP contribution in [0.1, 0.15) is 6.92 Å². The maximum atomic E-state index is 11.7. The number of carboxylic acid groups (broad SMARTS) is 1. The maximum Gasteiger partial charge on any atom is 0.334 e. The van der Waals surface area contributed by atoms with Gasteiger partial charge >= 0.3 is 5.97 Å². The molecule has 1 amide bonds. The van der Waals surface area contributed by atoms with Gasteiger partial charge in [0.1, 0.15) is 11.7 Å². The molecule has 2 aliphatic heterocycles. The van der Waals surface area contributed by atoms with Crippen molar-refractivity contribution in [1.29, 1.82) is 0 Å². The van der Waals surface area contributed by atoms with E-state index in [1.807, 2.05) is 0 Å². The third kappa shape index (κ3) is 1.58. The predicted molar refractivity (Wildman–Crippen MR) is 55.5 cm³/mol. The van der Waals surface area contributed by atoms with E-state index in [4.69, 9.17) is 15.6 Å². The molecular weight excluding hydrogens is 228 g/mol. The van der Waals surface area contributed by atoms with Gasteiger partial charge in [-0.2, -0.15) is 0 Å². The lowest BCUT2D eigenvalue weighted by Crippen LogP contribution is -2.64. The number of nitrogens with two attached hydrogens (primary N) is 1. The van der Waals surface area contributed by atoms with Crippen LogP contribution in [0.3, 0.4) is 0 Å². The fourth-order valence-electron chi connectivity index (χ4n) is 2.22. The van der Waals surface area contributed by atoms with Crippen LogP contribution >= 0.6 is 0 Å². The van der Waals surface area contributed by atoms with Gasteiger partial charge in [0.05, 0.1) is 6.10 Å². The number of hydrogen-bond acceptors (Lipinski definition) is 5. The summed E-state index contributed by atoms with van der Waals surface area (Å²) in [4.78, 5) is 23.9.